The summed E-state index contributed by atoms with van der Waals surface area (Å²) in [5.41, 5.74) is 3.18. The molecule has 0 unspecified atom stereocenters. The molecule has 4 rings (SSSR count). The molecule has 1 aliphatic heterocycles. The minimum atomic E-state index is -1.33. The number of nitrogens with zero attached hydrogens (tertiary/aromatic N) is 2. The Morgan fingerprint density at radius 3 is 2.43 bits per heavy atom. The van der Waals surface area contributed by atoms with Gasteiger partial charge in [0, 0.05) is 24.8 Å². The lowest BCUT2D eigenvalue weighted by Gasteiger charge is -2.40. The molecular formula is C22H24N2O4. The number of aliphatic imine (C=N–C) groups is 1. The fourth-order valence-corrected chi connectivity index (χ4v) is 3.83. The van der Waals surface area contributed by atoms with Crippen molar-refractivity contribution >= 4 is 17.1 Å². The first-order valence-corrected chi connectivity index (χ1v) is 9.34. The molecule has 1 aliphatic rings. The standard InChI is InChI=1S/C22H24N2O4/c1-23-12-18-19(25)20(26)21(27)22(28-18)24-13-15(11-14-7-3-2-4-8-14)16-9-5-6-10-17(16)24/h2-10,12-13,18-22,25-27H,11H2,1H3/t18-,19-,20+,21-,22-/m1/s1. The highest BCUT2D eigenvalue weighted by Gasteiger charge is 2.44. The molecular weight excluding hydrogens is 356 g/mol. The topological polar surface area (TPSA) is 87.2 Å². The SMILES string of the molecule is CN=C[C@H]1O[C@@H](n2cc(Cc3ccccc3)c3ccccc32)[C@H](O)[C@@H](O)[C@@H]1O. The van der Waals surface area contributed by atoms with Crippen LogP contribution in [0.25, 0.3) is 10.9 Å². The highest BCUT2D eigenvalue weighted by Crippen LogP contribution is 2.33. The summed E-state index contributed by atoms with van der Waals surface area (Å²) in [5.74, 6) is 0. The van der Waals surface area contributed by atoms with E-state index in [1.54, 1.807) is 7.05 Å². The van der Waals surface area contributed by atoms with E-state index in [1.165, 1.54) is 11.8 Å². The minimum Gasteiger partial charge on any atom is -0.387 e. The van der Waals surface area contributed by atoms with Crippen LogP contribution in [-0.4, -0.2) is 57.6 Å². The third-order valence-electron chi connectivity index (χ3n) is 5.26. The maximum absolute atomic E-state index is 10.6. The van der Waals surface area contributed by atoms with Crippen LogP contribution in [0.1, 0.15) is 17.4 Å². The van der Waals surface area contributed by atoms with Gasteiger partial charge >= 0.3 is 0 Å². The zero-order valence-electron chi connectivity index (χ0n) is 15.6. The number of hydrogen-bond acceptors (Lipinski definition) is 5. The summed E-state index contributed by atoms with van der Waals surface area (Å²) in [6.07, 6.45) is -1.33. The Hall–Kier alpha value is -2.51. The van der Waals surface area contributed by atoms with Gasteiger partial charge in [-0.05, 0) is 23.6 Å². The molecule has 146 valence electrons. The molecule has 1 aromatic heterocycles. The van der Waals surface area contributed by atoms with Gasteiger partial charge in [0.2, 0.25) is 0 Å². The van der Waals surface area contributed by atoms with Crippen molar-refractivity contribution in [2.45, 2.75) is 37.1 Å². The Bertz CT molecular complexity index is 969. The van der Waals surface area contributed by atoms with Gasteiger partial charge in [-0.1, -0.05) is 48.5 Å². The van der Waals surface area contributed by atoms with E-state index < -0.39 is 30.6 Å². The largest absolute Gasteiger partial charge is 0.387 e. The molecule has 0 radical (unpaired) electrons. The van der Waals surface area contributed by atoms with Crippen LogP contribution in [0.15, 0.2) is 65.8 Å². The Morgan fingerprint density at radius 2 is 1.68 bits per heavy atom. The molecule has 2 heterocycles. The summed E-state index contributed by atoms with van der Waals surface area (Å²) in [6.45, 7) is 0. The van der Waals surface area contributed by atoms with Gasteiger partial charge in [0.25, 0.3) is 0 Å². The molecule has 6 heteroatoms. The summed E-state index contributed by atoms with van der Waals surface area (Å²) in [5, 5.41) is 32.2. The van der Waals surface area contributed by atoms with Crippen LogP contribution in [0, 0.1) is 0 Å². The molecule has 0 bridgehead atoms. The molecule has 0 saturated carbocycles. The Labute approximate surface area is 163 Å². The number of aliphatic hydroxyl groups is 3. The molecule has 1 saturated heterocycles. The molecule has 3 N–H and O–H groups in total. The molecule has 6 nitrogen and oxygen atoms in total. The van der Waals surface area contributed by atoms with Gasteiger partial charge in [0.05, 0.1) is 5.52 Å². The van der Waals surface area contributed by atoms with Gasteiger partial charge in [0.1, 0.15) is 24.4 Å². The number of aromatic nitrogens is 1. The summed E-state index contributed by atoms with van der Waals surface area (Å²) >= 11 is 0. The van der Waals surface area contributed by atoms with E-state index in [-0.39, 0.29) is 0 Å². The lowest BCUT2D eigenvalue weighted by molar-refractivity contribution is -0.225. The average Bonchev–Trinajstić information content (AvgIpc) is 3.08. The second kappa shape index (κ2) is 7.85. The summed E-state index contributed by atoms with van der Waals surface area (Å²) in [4.78, 5) is 3.91. The number of hydrogen-bond donors (Lipinski definition) is 3. The molecule has 0 spiro atoms. The first-order chi connectivity index (χ1) is 13.6. The quantitative estimate of drug-likeness (QED) is 0.604. The zero-order valence-corrected chi connectivity index (χ0v) is 15.6. The minimum absolute atomic E-state index is 0.738. The Kier molecular flexibility index (Phi) is 5.28. The second-order valence-electron chi connectivity index (χ2n) is 7.11. The van der Waals surface area contributed by atoms with Crippen LogP contribution in [0.3, 0.4) is 0 Å². The number of fused-ring (bicyclic) bond motifs is 1. The highest BCUT2D eigenvalue weighted by molar-refractivity contribution is 5.84. The first-order valence-electron chi connectivity index (χ1n) is 9.34. The fourth-order valence-electron chi connectivity index (χ4n) is 3.83. The Balaban J connectivity index is 1.76. The van der Waals surface area contributed by atoms with E-state index in [1.807, 2.05) is 53.2 Å². The van der Waals surface area contributed by atoms with Crippen molar-refractivity contribution in [3.05, 3.63) is 71.9 Å². The number of benzene rings is 2. The highest BCUT2D eigenvalue weighted by atomic mass is 16.5. The number of para-hydroxylation sites is 1. The van der Waals surface area contributed by atoms with Crippen LogP contribution in [0.2, 0.25) is 0 Å². The fraction of sp³-hybridized carbons (Fsp3) is 0.318. The van der Waals surface area contributed by atoms with E-state index in [0.29, 0.717) is 0 Å². The second-order valence-corrected chi connectivity index (χ2v) is 7.11. The van der Waals surface area contributed by atoms with E-state index >= 15 is 0 Å². The molecule has 0 amide bonds. The maximum Gasteiger partial charge on any atom is 0.163 e. The molecule has 2 aromatic carbocycles. The van der Waals surface area contributed by atoms with Gasteiger partial charge in [-0.2, -0.15) is 0 Å². The van der Waals surface area contributed by atoms with Crippen molar-refractivity contribution in [2.75, 3.05) is 7.05 Å². The number of aliphatic hydroxyl groups excluding tert-OH is 3. The summed E-state index contributed by atoms with van der Waals surface area (Å²) < 4.78 is 7.77. The molecule has 28 heavy (non-hydrogen) atoms. The normalized spacial score (nSPS) is 28.2. The van der Waals surface area contributed by atoms with Crippen LogP contribution >= 0.6 is 0 Å². The number of ether oxygens (including phenoxy) is 1. The molecule has 1 fully saturated rings. The smallest absolute Gasteiger partial charge is 0.163 e. The zero-order chi connectivity index (χ0) is 19.7. The van der Waals surface area contributed by atoms with E-state index in [0.717, 1.165) is 22.9 Å². The van der Waals surface area contributed by atoms with Crippen molar-refractivity contribution in [1.82, 2.24) is 4.57 Å². The number of rotatable bonds is 4. The first kappa shape index (κ1) is 18.8. The van der Waals surface area contributed by atoms with Gasteiger partial charge in [-0.3, -0.25) is 4.99 Å². The lowest BCUT2D eigenvalue weighted by atomic mass is 9.98. The summed E-state index contributed by atoms with van der Waals surface area (Å²) in [7, 11) is 1.57. The molecule has 0 aliphatic carbocycles. The van der Waals surface area contributed by atoms with Crippen LogP contribution < -0.4 is 0 Å². The van der Waals surface area contributed by atoms with Crippen LogP contribution in [0.5, 0.6) is 0 Å². The average molecular weight is 380 g/mol. The molecule has 3 aromatic rings. The predicted molar refractivity (Wildman–Crippen MR) is 108 cm³/mol. The van der Waals surface area contributed by atoms with Gasteiger partial charge < -0.3 is 24.6 Å². The monoisotopic (exact) mass is 380 g/mol. The lowest BCUT2D eigenvalue weighted by Crippen LogP contribution is -2.55. The third kappa shape index (κ3) is 3.36. The third-order valence-corrected chi connectivity index (χ3v) is 5.26. The van der Waals surface area contributed by atoms with E-state index in [9.17, 15) is 15.3 Å². The predicted octanol–water partition coefficient (Wildman–Crippen LogP) is 1.91. The van der Waals surface area contributed by atoms with Gasteiger partial charge in [-0.15, -0.1) is 0 Å². The Morgan fingerprint density at radius 1 is 0.964 bits per heavy atom. The van der Waals surface area contributed by atoms with Crippen molar-refractivity contribution < 1.29 is 20.1 Å². The van der Waals surface area contributed by atoms with Crippen molar-refractivity contribution in [2.24, 2.45) is 4.99 Å². The van der Waals surface area contributed by atoms with Gasteiger partial charge in [0.15, 0.2) is 6.23 Å². The van der Waals surface area contributed by atoms with Crippen LogP contribution in [-0.2, 0) is 11.2 Å². The maximum atomic E-state index is 10.6. The van der Waals surface area contributed by atoms with E-state index in [4.69, 9.17) is 4.74 Å². The summed E-state index contributed by atoms with van der Waals surface area (Å²) in [6, 6.07) is 18.1. The van der Waals surface area contributed by atoms with Crippen molar-refractivity contribution in [3.63, 3.8) is 0 Å². The van der Waals surface area contributed by atoms with Crippen LogP contribution in [0.4, 0.5) is 0 Å². The molecule has 5 atom stereocenters. The van der Waals surface area contributed by atoms with Crippen molar-refractivity contribution in [1.29, 1.82) is 0 Å². The van der Waals surface area contributed by atoms with Gasteiger partial charge in [-0.25, -0.2) is 0 Å². The van der Waals surface area contributed by atoms with E-state index in [2.05, 4.69) is 17.1 Å². The van der Waals surface area contributed by atoms with Crippen molar-refractivity contribution in [3.8, 4) is 0 Å².